The van der Waals surface area contributed by atoms with Crippen molar-refractivity contribution in [2.75, 3.05) is 41.0 Å². The van der Waals surface area contributed by atoms with Crippen LogP contribution in [0.3, 0.4) is 0 Å². The number of quaternary nitrogens is 1. The summed E-state index contributed by atoms with van der Waals surface area (Å²) in [6, 6.07) is -0.735. The van der Waals surface area contributed by atoms with E-state index in [9.17, 15) is 19.5 Å². The van der Waals surface area contributed by atoms with Crippen LogP contribution >= 0.6 is 0 Å². The highest BCUT2D eigenvalue weighted by Gasteiger charge is 2.25. The first kappa shape index (κ1) is 61.5. The van der Waals surface area contributed by atoms with Crippen LogP contribution in [0, 0.1) is 0 Å². The van der Waals surface area contributed by atoms with E-state index < -0.39 is 18.1 Å². The van der Waals surface area contributed by atoms with Crippen LogP contribution in [0.5, 0.6) is 0 Å². The lowest BCUT2D eigenvalue weighted by Gasteiger charge is -2.34. The molecule has 0 saturated carbocycles. The predicted molar refractivity (Wildman–Crippen MR) is 272 cm³/mol. The van der Waals surface area contributed by atoms with E-state index in [-0.39, 0.29) is 42.7 Å². The van der Waals surface area contributed by atoms with E-state index in [1.165, 1.54) is 83.5 Å². The fourth-order valence-corrected chi connectivity index (χ4v) is 7.30. The van der Waals surface area contributed by atoms with Crippen molar-refractivity contribution in [3.8, 4) is 0 Å². The van der Waals surface area contributed by atoms with Gasteiger partial charge in [-0.25, -0.2) is 0 Å². The quantitative estimate of drug-likeness (QED) is 0.0197. The molecule has 0 rings (SSSR count). The highest BCUT2D eigenvalue weighted by atomic mass is 16.6. The molecule has 8 heteroatoms. The smallest absolute Gasteiger partial charge is 0.306 e. The zero-order chi connectivity index (χ0) is 47.7. The Labute approximate surface area is 399 Å². The van der Waals surface area contributed by atoms with Gasteiger partial charge in [0.15, 0.2) is 6.10 Å². The summed E-state index contributed by atoms with van der Waals surface area (Å²) in [4.78, 5) is 37.1. The van der Waals surface area contributed by atoms with Gasteiger partial charge < -0.3 is 28.6 Å². The summed E-state index contributed by atoms with van der Waals surface area (Å²) in [6.45, 7) is 4.51. The molecule has 0 amide bonds. The first-order chi connectivity index (χ1) is 31.6. The Kier molecular flexibility index (Phi) is 44.5. The highest BCUT2D eigenvalue weighted by Crippen LogP contribution is 2.14. The number of carbonyl (C=O) groups is 3. The average Bonchev–Trinajstić information content (AvgIpc) is 3.27. The van der Waals surface area contributed by atoms with Gasteiger partial charge in [0.1, 0.15) is 12.6 Å². The maximum atomic E-state index is 12.8. The number of hydrogen-bond donors (Lipinski definition) is 0. The SMILES string of the molecule is CC/C=C/C/C=C/C/C=C/C/C=C/CCCCCCCCCCCCC(=O)OCC(COCCC(C(=O)[O-])[N+](C)(C)C)OC(=O)CCCCCCC/C=C/C=C/C=C/CCCCCCC. The molecule has 8 nitrogen and oxygen atoms in total. The van der Waals surface area contributed by atoms with E-state index in [0.29, 0.717) is 12.8 Å². The van der Waals surface area contributed by atoms with Gasteiger partial charge in [-0.1, -0.05) is 195 Å². The summed E-state index contributed by atoms with van der Waals surface area (Å²) in [7, 11) is 5.40. The molecule has 2 atom stereocenters. The van der Waals surface area contributed by atoms with Crippen molar-refractivity contribution in [3.05, 3.63) is 85.1 Å². The Hall–Kier alpha value is -3.49. The number of esters is 2. The summed E-state index contributed by atoms with van der Waals surface area (Å²) in [5.41, 5.74) is 0. The van der Waals surface area contributed by atoms with Gasteiger partial charge >= 0.3 is 11.9 Å². The third kappa shape index (κ3) is 45.5. The maximum absolute atomic E-state index is 12.8. The van der Waals surface area contributed by atoms with E-state index in [0.717, 1.165) is 89.9 Å². The fraction of sp³-hybridized carbons (Fsp3) is 0.702. The number of nitrogens with zero attached hydrogens (tertiary/aromatic N) is 1. The van der Waals surface area contributed by atoms with Crippen LogP contribution in [0.2, 0.25) is 0 Å². The molecule has 0 bridgehead atoms. The molecular formula is C57H97NO7. The number of likely N-dealkylation sites (N-methyl/N-ethyl adjacent to an activating group) is 1. The van der Waals surface area contributed by atoms with Gasteiger partial charge in [0, 0.05) is 19.3 Å². The van der Waals surface area contributed by atoms with Crippen LogP contribution in [-0.4, -0.2) is 75.5 Å². The first-order valence-corrected chi connectivity index (χ1v) is 26.1. The number of carboxylic acid groups (broad SMARTS) is 1. The van der Waals surface area contributed by atoms with E-state index in [1.807, 2.05) is 0 Å². The predicted octanol–water partition coefficient (Wildman–Crippen LogP) is 13.9. The molecule has 0 spiro atoms. The van der Waals surface area contributed by atoms with Gasteiger partial charge in [0.25, 0.3) is 0 Å². The minimum Gasteiger partial charge on any atom is -0.544 e. The minimum atomic E-state index is -1.13. The molecule has 0 aliphatic carbocycles. The number of unbranched alkanes of at least 4 members (excludes halogenated alkanes) is 20. The van der Waals surface area contributed by atoms with Crippen molar-refractivity contribution in [1.29, 1.82) is 0 Å². The number of ether oxygens (including phenoxy) is 3. The molecule has 2 unspecified atom stereocenters. The fourth-order valence-electron chi connectivity index (χ4n) is 7.30. The van der Waals surface area contributed by atoms with Crippen LogP contribution in [0.15, 0.2) is 85.1 Å². The average molecular weight is 908 g/mol. The standard InChI is InChI=1S/C57H97NO7/c1-6-8-10-12-14-16-18-20-22-24-26-27-28-29-30-32-33-35-37-39-41-43-45-47-55(59)64-52-53(51-63-50-49-54(57(61)62)58(3,4)5)65-56(60)48-46-44-42-40-38-36-34-31-25-23-21-19-17-15-13-11-9-7-2/h8,10,14,16,19-23,25-27,31,34,53-54H,6-7,9,11-13,15,17-18,24,28-30,32-33,35-52H2,1-5H3/b10-8+,16-14+,21-19+,22-20+,25-23+,27-26+,34-31+. The van der Waals surface area contributed by atoms with Crippen molar-refractivity contribution < 1.29 is 38.2 Å². The second kappa shape index (κ2) is 47.0. The third-order valence-corrected chi connectivity index (χ3v) is 11.3. The van der Waals surface area contributed by atoms with Gasteiger partial charge in [0.05, 0.1) is 40.3 Å². The Balaban J connectivity index is 4.28. The van der Waals surface area contributed by atoms with Crippen LogP contribution in [0.1, 0.15) is 206 Å². The number of aliphatic carboxylic acids is 1. The minimum absolute atomic E-state index is 0.0271. The topological polar surface area (TPSA) is 102 Å². The van der Waals surface area contributed by atoms with E-state index in [2.05, 4.69) is 98.9 Å². The summed E-state index contributed by atoms with van der Waals surface area (Å²) in [5.74, 6) is -1.77. The van der Waals surface area contributed by atoms with Crippen LogP contribution < -0.4 is 5.11 Å². The molecule has 0 aliphatic rings. The lowest BCUT2D eigenvalue weighted by molar-refractivity contribution is -0.889. The second-order valence-electron chi connectivity index (χ2n) is 18.4. The summed E-state index contributed by atoms with van der Waals surface area (Å²) in [5, 5.41) is 11.7. The largest absolute Gasteiger partial charge is 0.544 e. The van der Waals surface area contributed by atoms with Gasteiger partial charge in [-0.3, -0.25) is 9.59 Å². The normalized spacial score (nSPS) is 13.6. The molecule has 0 aromatic heterocycles. The highest BCUT2D eigenvalue weighted by molar-refractivity contribution is 5.70. The molecule has 372 valence electrons. The van der Waals surface area contributed by atoms with Gasteiger partial charge in [-0.05, 0) is 77.0 Å². The number of rotatable bonds is 46. The lowest BCUT2D eigenvalue weighted by Crippen LogP contribution is -2.55. The third-order valence-electron chi connectivity index (χ3n) is 11.3. The van der Waals surface area contributed by atoms with Crippen molar-refractivity contribution in [1.82, 2.24) is 0 Å². The number of hydrogen-bond acceptors (Lipinski definition) is 7. The monoisotopic (exact) mass is 908 g/mol. The second-order valence-corrected chi connectivity index (χ2v) is 18.4. The number of allylic oxidation sites excluding steroid dienone is 14. The Morgan fingerprint density at radius 2 is 0.923 bits per heavy atom. The van der Waals surface area contributed by atoms with Crippen molar-refractivity contribution in [2.24, 2.45) is 0 Å². The molecule has 0 aliphatic heterocycles. The Morgan fingerprint density at radius 1 is 0.492 bits per heavy atom. The lowest BCUT2D eigenvalue weighted by atomic mass is 10.1. The van der Waals surface area contributed by atoms with Crippen molar-refractivity contribution in [2.45, 2.75) is 219 Å². The van der Waals surface area contributed by atoms with Crippen molar-refractivity contribution >= 4 is 17.9 Å². The molecule has 65 heavy (non-hydrogen) atoms. The van der Waals surface area contributed by atoms with Gasteiger partial charge in [-0.15, -0.1) is 0 Å². The molecule has 0 radical (unpaired) electrons. The number of carboxylic acids is 1. The molecule has 0 heterocycles. The molecule has 0 N–H and O–H groups in total. The summed E-state index contributed by atoms with van der Waals surface area (Å²) < 4.78 is 17.2. The first-order valence-electron chi connectivity index (χ1n) is 26.1. The van der Waals surface area contributed by atoms with Gasteiger partial charge in [0.2, 0.25) is 0 Å². The zero-order valence-corrected chi connectivity index (χ0v) is 42.4. The van der Waals surface area contributed by atoms with E-state index in [1.54, 1.807) is 21.1 Å². The Bertz CT molecular complexity index is 1330. The molecule has 0 aromatic rings. The van der Waals surface area contributed by atoms with Crippen LogP contribution in [0.25, 0.3) is 0 Å². The van der Waals surface area contributed by atoms with Crippen LogP contribution in [0.4, 0.5) is 0 Å². The van der Waals surface area contributed by atoms with Crippen molar-refractivity contribution in [3.63, 3.8) is 0 Å². The number of carbonyl (C=O) groups excluding carboxylic acids is 3. The van der Waals surface area contributed by atoms with Gasteiger partial charge in [-0.2, -0.15) is 0 Å². The molecule has 0 aromatic carbocycles. The summed E-state index contributed by atoms with van der Waals surface area (Å²) >= 11 is 0. The molecule has 0 fully saturated rings. The zero-order valence-electron chi connectivity index (χ0n) is 42.4. The van der Waals surface area contributed by atoms with Crippen LogP contribution in [-0.2, 0) is 28.6 Å². The summed E-state index contributed by atoms with van der Waals surface area (Å²) in [6.07, 6.45) is 61.8. The molecular weight excluding hydrogens is 811 g/mol. The van der Waals surface area contributed by atoms with E-state index >= 15 is 0 Å². The maximum Gasteiger partial charge on any atom is 0.306 e. The molecule has 0 saturated heterocycles. The van der Waals surface area contributed by atoms with E-state index in [4.69, 9.17) is 14.2 Å². The Morgan fingerprint density at radius 3 is 1.40 bits per heavy atom.